The number of esters is 1. The number of sulfonamides is 1. The largest absolute Gasteiger partial charge is 0.497 e. The van der Waals surface area contributed by atoms with Gasteiger partial charge in [-0.05, 0) is 79.5 Å². The summed E-state index contributed by atoms with van der Waals surface area (Å²) in [5, 5.41) is 0. The van der Waals surface area contributed by atoms with E-state index < -0.39 is 44.2 Å². The van der Waals surface area contributed by atoms with Crippen molar-refractivity contribution in [1.82, 2.24) is 9.21 Å². The molecule has 4 aliphatic rings. The summed E-state index contributed by atoms with van der Waals surface area (Å²) >= 11 is 6.19. The molecule has 0 radical (unpaired) electrons. The number of fused-ring (bicyclic) bond motifs is 2. The first-order chi connectivity index (χ1) is 24.0. The fraction of sp³-hybridized carbons (Fsp3) is 0.650. The lowest BCUT2D eigenvalue weighted by Gasteiger charge is -2.49. The van der Waals surface area contributed by atoms with Crippen molar-refractivity contribution in [2.75, 3.05) is 13.0 Å². The number of benzene rings is 2. The second kappa shape index (κ2) is 15.5. The van der Waals surface area contributed by atoms with Crippen molar-refractivity contribution in [3.05, 3.63) is 65.7 Å². The number of nitrogens with zero attached hydrogens (tertiary/aromatic N) is 2. The number of methoxy groups -OCH3 is 1. The Morgan fingerprint density at radius 2 is 1.46 bits per heavy atom. The molecule has 50 heavy (non-hydrogen) atoms. The van der Waals surface area contributed by atoms with Gasteiger partial charge in [-0.2, -0.15) is 4.31 Å². The van der Waals surface area contributed by atoms with Gasteiger partial charge in [0.15, 0.2) is 0 Å². The first-order valence-corrected chi connectivity index (χ1v) is 20.8. The maximum atomic E-state index is 15.6. The summed E-state index contributed by atoms with van der Waals surface area (Å²) in [7, 11) is -2.32. The number of alkyl halides is 1. The van der Waals surface area contributed by atoms with E-state index in [1.807, 2.05) is 58.9 Å². The molecule has 0 saturated heterocycles. The van der Waals surface area contributed by atoms with E-state index >= 15 is 8.42 Å². The van der Waals surface area contributed by atoms with Crippen molar-refractivity contribution in [3.8, 4) is 5.75 Å². The molecule has 0 unspecified atom stereocenters. The molecule has 6 rings (SSSR count). The van der Waals surface area contributed by atoms with Crippen LogP contribution in [0.4, 0.5) is 0 Å². The Balaban J connectivity index is 1.36. The lowest BCUT2D eigenvalue weighted by molar-refractivity contribution is -0.161. The number of halogens is 1. The van der Waals surface area contributed by atoms with Gasteiger partial charge in [0.2, 0.25) is 15.9 Å². The molecule has 4 aliphatic carbocycles. The molecule has 2 aromatic rings. The van der Waals surface area contributed by atoms with Gasteiger partial charge in [-0.15, -0.1) is 11.6 Å². The number of hydrogen-bond donors (Lipinski definition) is 0. The zero-order valence-electron chi connectivity index (χ0n) is 30.0. The summed E-state index contributed by atoms with van der Waals surface area (Å²) < 4.78 is 43.8. The van der Waals surface area contributed by atoms with Crippen LogP contribution in [0, 0.1) is 11.3 Å². The highest BCUT2D eigenvalue weighted by Gasteiger charge is 2.73. The molecular weight excluding hydrogens is 672 g/mol. The molecule has 274 valence electrons. The van der Waals surface area contributed by atoms with Crippen molar-refractivity contribution in [1.29, 1.82) is 0 Å². The van der Waals surface area contributed by atoms with Crippen LogP contribution in [-0.2, 0) is 37.3 Å². The van der Waals surface area contributed by atoms with E-state index in [1.165, 1.54) is 4.90 Å². The molecule has 8 nitrogen and oxygen atoms in total. The third-order valence-corrected chi connectivity index (χ3v) is 16.0. The van der Waals surface area contributed by atoms with Crippen molar-refractivity contribution in [2.45, 2.75) is 139 Å². The second-order valence-corrected chi connectivity index (χ2v) is 18.0. The van der Waals surface area contributed by atoms with Crippen molar-refractivity contribution < 1.29 is 27.5 Å². The van der Waals surface area contributed by atoms with Gasteiger partial charge in [0.25, 0.3) is 0 Å². The van der Waals surface area contributed by atoms with Gasteiger partial charge in [0.05, 0.1) is 7.11 Å². The number of amides is 1. The van der Waals surface area contributed by atoms with Crippen LogP contribution in [0.2, 0.25) is 0 Å². The Hall–Kier alpha value is -2.62. The van der Waals surface area contributed by atoms with Crippen LogP contribution < -0.4 is 4.74 Å². The molecule has 0 aromatic heterocycles. The quantitative estimate of drug-likeness (QED) is 0.156. The minimum atomic E-state index is -3.91. The minimum Gasteiger partial charge on any atom is -0.497 e. The second-order valence-electron chi connectivity index (χ2n) is 15.6. The smallest absolute Gasteiger partial charge is 0.329 e. The average molecular weight is 727 g/mol. The van der Waals surface area contributed by atoms with Crippen LogP contribution in [0.15, 0.2) is 54.6 Å². The Kier molecular flexibility index (Phi) is 11.6. The van der Waals surface area contributed by atoms with Crippen LogP contribution in [0.5, 0.6) is 5.75 Å². The van der Waals surface area contributed by atoms with Crippen molar-refractivity contribution >= 4 is 33.5 Å². The van der Waals surface area contributed by atoms with Gasteiger partial charge in [0.1, 0.15) is 28.5 Å². The van der Waals surface area contributed by atoms with E-state index in [-0.39, 0.29) is 36.8 Å². The summed E-state index contributed by atoms with van der Waals surface area (Å²) in [5.74, 6) is -0.474. The van der Waals surface area contributed by atoms with Gasteiger partial charge in [-0.1, -0.05) is 94.8 Å². The molecule has 2 bridgehead atoms. The Morgan fingerprint density at radius 3 is 2.00 bits per heavy atom. The molecule has 0 aliphatic heterocycles. The van der Waals surface area contributed by atoms with E-state index in [2.05, 4.69) is 13.8 Å². The first kappa shape index (κ1) is 37.1. The van der Waals surface area contributed by atoms with E-state index in [4.69, 9.17) is 21.1 Å². The monoisotopic (exact) mass is 726 g/mol. The van der Waals surface area contributed by atoms with Crippen LogP contribution >= 0.6 is 11.6 Å². The molecule has 10 heteroatoms. The lowest BCUT2D eigenvalue weighted by atomic mass is 9.81. The van der Waals surface area contributed by atoms with Gasteiger partial charge in [-0.25, -0.2) is 13.2 Å². The Bertz CT molecular complexity index is 1550. The minimum absolute atomic E-state index is 0.00909. The van der Waals surface area contributed by atoms with Crippen LogP contribution in [-0.4, -0.2) is 71.5 Å². The number of carbonyl (C=O) groups excluding carboxylic acids is 2. The molecule has 0 spiro atoms. The predicted octanol–water partition coefficient (Wildman–Crippen LogP) is 7.66. The number of rotatable bonds is 13. The van der Waals surface area contributed by atoms with Crippen molar-refractivity contribution in [2.24, 2.45) is 11.3 Å². The third-order valence-electron chi connectivity index (χ3n) is 12.7. The molecule has 4 atom stereocenters. The Morgan fingerprint density at radius 1 is 0.860 bits per heavy atom. The summed E-state index contributed by atoms with van der Waals surface area (Å²) in [6, 6.07) is 15.9. The van der Waals surface area contributed by atoms with Crippen LogP contribution in [0.1, 0.15) is 108 Å². The lowest BCUT2D eigenvalue weighted by Crippen LogP contribution is -2.63. The molecular formula is C40H55ClN2O6S. The summed E-state index contributed by atoms with van der Waals surface area (Å²) in [4.78, 5) is 29.8. The van der Waals surface area contributed by atoms with E-state index in [9.17, 15) is 9.59 Å². The van der Waals surface area contributed by atoms with Gasteiger partial charge in [0, 0.05) is 25.0 Å². The van der Waals surface area contributed by atoms with Crippen molar-refractivity contribution in [3.63, 3.8) is 0 Å². The Labute approximate surface area is 304 Å². The van der Waals surface area contributed by atoms with Gasteiger partial charge >= 0.3 is 5.97 Å². The summed E-state index contributed by atoms with van der Waals surface area (Å²) in [6.07, 6.45) is 11.2. The number of hydrogen-bond acceptors (Lipinski definition) is 6. The van der Waals surface area contributed by atoms with Crippen LogP contribution in [0.25, 0.3) is 0 Å². The topological polar surface area (TPSA) is 93.2 Å². The maximum Gasteiger partial charge on any atom is 0.329 e. The molecule has 0 N–H and O–H groups in total. The van der Waals surface area contributed by atoms with Gasteiger partial charge in [-0.3, -0.25) is 4.79 Å². The highest BCUT2D eigenvalue weighted by atomic mass is 35.5. The molecule has 4 fully saturated rings. The molecule has 2 aromatic carbocycles. The average Bonchev–Trinajstić information content (AvgIpc) is 3.52. The fourth-order valence-corrected chi connectivity index (χ4v) is 13.3. The predicted molar refractivity (Wildman–Crippen MR) is 196 cm³/mol. The van der Waals surface area contributed by atoms with Crippen LogP contribution in [0.3, 0.4) is 0 Å². The highest BCUT2D eigenvalue weighted by molar-refractivity contribution is 7.90. The van der Waals surface area contributed by atoms with E-state index in [0.717, 1.165) is 81.8 Å². The number of carbonyl (C=O) groups is 2. The fourth-order valence-electron chi connectivity index (χ4n) is 9.93. The van der Waals surface area contributed by atoms with Gasteiger partial charge < -0.3 is 14.4 Å². The maximum absolute atomic E-state index is 15.6. The highest BCUT2D eigenvalue weighted by Crippen LogP contribution is 2.65. The third kappa shape index (κ3) is 6.95. The molecule has 1 amide bonds. The molecule has 0 heterocycles. The zero-order valence-corrected chi connectivity index (χ0v) is 31.6. The summed E-state index contributed by atoms with van der Waals surface area (Å²) in [5.41, 5.74) is 1.10. The van der Waals surface area contributed by atoms with E-state index in [0.29, 0.717) is 18.6 Å². The standard InChI is InChI=1S/C40H55ClN2O6S/c1-39(2)31-23-24-40(39,50(46,47)43(32-15-9-5-10-16-32)33-17-11-6-12-18-33)36(26-31)49-38(45)35(25-29-13-7-4-8-14-29)42(37(44)27-41)28-30-19-21-34(48-3)22-20-30/h4,7-8,13-14,19-22,31-33,35-36H,5-6,9-12,15-18,23-28H2,1-3H3/t31-,35+,36-,40-/m1/s1. The number of ether oxygens (including phenoxy) is 2. The summed E-state index contributed by atoms with van der Waals surface area (Å²) in [6.45, 7) is 4.32. The zero-order chi connectivity index (χ0) is 35.5. The first-order valence-electron chi connectivity index (χ1n) is 18.8. The van der Waals surface area contributed by atoms with E-state index in [1.54, 1.807) is 7.11 Å². The normalized spacial score (nSPS) is 26.1. The molecule has 4 saturated carbocycles. The SMILES string of the molecule is COc1ccc(CN(C(=O)CCl)[C@@H](Cc2ccccc2)C(=O)O[C@@H]2C[C@H]3CC[C@]2(S(=O)(=O)N(C2CCCCC2)C2CCCCC2)C3(C)C)cc1.